The number of aromatic nitrogens is 1. The van der Waals surface area contributed by atoms with Crippen molar-refractivity contribution in [1.29, 1.82) is 0 Å². The van der Waals surface area contributed by atoms with Crippen LogP contribution in [0.2, 0.25) is 0 Å². The van der Waals surface area contributed by atoms with Crippen molar-refractivity contribution in [2.24, 2.45) is 0 Å². The van der Waals surface area contributed by atoms with Crippen LogP contribution in [0.5, 0.6) is 17.2 Å². The quantitative estimate of drug-likeness (QED) is 0.392. The molecule has 0 N–H and O–H groups in total. The first-order valence-corrected chi connectivity index (χ1v) is 13.5. The van der Waals surface area contributed by atoms with Crippen LogP contribution in [0, 0.1) is 0 Å². The standard InChI is InChI=1S/C24H25F3N2O5S2/c1-32-19-4-3-16(22(14-19)33-2)13-17-15-35-23(28-17)29-11-9-21(10-12-29)36(30,31)20-7-5-18(6-8-20)34-24(25,26)27/h3-8,14-15,21H,9-13H2,1-2H3. The normalized spacial score (nSPS) is 15.1. The van der Waals surface area contributed by atoms with Crippen molar-refractivity contribution >= 4 is 26.3 Å². The Balaban J connectivity index is 1.38. The molecule has 7 nitrogen and oxygen atoms in total. The van der Waals surface area contributed by atoms with Gasteiger partial charge in [0.1, 0.15) is 17.2 Å². The highest BCUT2D eigenvalue weighted by Gasteiger charge is 2.33. The number of hydrogen-bond donors (Lipinski definition) is 0. The molecule has 2 aromatic carbocycles. The summed E-state index contributed by atoms with van der Waals surface area (Å²) >= 11 is 1.50. The second-order valence-corrected chi connectivity index (χ2v) is 11.3. The highest BCUT2D eigenvalue weighted by molar-refractivity contribution is 7.92. The largest absolute Gasteiger partial charge is 0.573 e. The van der Waals surface area contributed by atoms with Crippen LogP contribution in [0.3, 0.4) is 0 Å². The van der Waals surface area contributed by atoms with E-state index >= 15 is 0 Å². The minimum atomic E-state index is -4.83. The van der Waals surface area contributed by atoms with E-state index in [2.05, 4.69) is 9.64 Å². The van der Waals surface area contributed by atoms with E-state index in [1.807, 2.05) is 23.6 Å². The molecule has 0 saturated carbocycles. The van der Waals surface area contributed by atoms with Crippen LogP contribution in [0.15, 0.2) is 52.7 Å². The number of anilines is 1. The number of benzene rings is 2. The minimum Gasteiger partial charge on any atom is -0.497 e. The summed E-state index contributed by atoms with van der Waals surface area (Å²) < 4.78 is 77.6. The van der Waals surface area contributed by atoms with Crippen LogP contribution < -0.4 is 19.1 Å². The minimum absolute atomic E-state index is 0.0135. The summed E-state index contributed by atoms with van der Waals surface area (Å²) in [5.41, 5.74) is 1.86. The van der Waals surface area contributed by atoms with Crippen molar-refractivity contribution in [3.05, 3.63) is 59.1 Å². The van der Waals surface area contributed by atoms with Crippen LogP contribution in [0.4, 0.5) is 18.3 Å². The first kappa shape index (κ1) is 26.1. The Kier molecular flexibility index (Phi) is 7.65. The summed E-state index contributed by atoms with van der Waals surface area (Å²) in [6, 6.07) is 9.98. The Morgan fingerprint density at radius 3 is 2.31 bits per heavy atom. The van der Waals surface area contributed by atoms with Gasteiger partial charge in [-0.05, 0) is 43.2 Å². The molecule has 0 unspecified atom stereocenters. The van der Waals surface area contributed by atoms with Gasteiger partial charge in [-0.25, -0.2) is 13.4 Å². The van der Waals surface area contributed by atoms with Gasteiger partial charge >= 0.3 is 6.36 Å². The molecule has 4 rings (SSSR count). The lowest BCUT2D eigenvalue weighted by Gasteiger charge is -2.31. The Labute approximate surface area is 211 Å². The van der Waals surface area contributed by atoms with Crippen LogP contribution in [0.1, 0.15) is 24.1 Å². The SMILES string of the molecule is COc1ccc(Cc2csc(N3CCC(S(=O)(=O)c4ccc(OC(F)(F)F)cc4)CC3)n2)c(OC)c1. The molecule has 1 aromatic heterocycles. The van der Waals surface area contributed by atoms with Crippen LogP contribution in [0.25, 0.3) is 0 Å². The number of thiazole rings is 1. The molecule has 0 radical (unpaired) electrons. The lowest BCUT2D eigenvalue weighted by atomic mass is 10.1. The fourth-order valence-corrected chi connectivity index (χ4v) is 6.71. The summed E-state index contributed by atoms with van der Waals surface area (Å²) in [4.78, 5) is 6.78. The van der Waals surface area contributed by atoms with Gasteiger partial charge in [0.05, 0.1) is 30.1 Å². The lowest BCUT2D eigenvalue weighted by molar-refractivity contribution is -0.274. The van der Waals surface area contributed by atoms with Crippen molar-refractivity contribution in [2.75, 3.05) is 32.2 Å². The van der Waals surface area contributed by atoms with E-state index in [4.69, 9.17) is 14.5 Å². The third-order valence-electron chi connectivity index (χ3n) is 5.94. The fraction of sp³-hybridized carbons (Fsp3) is 0.375. The molecule has 0 spiro atoms. The number of ether oxygens (including phenoxy) is 3. The number of alkyl halides is 3. The van der Waals surface area contributed by atoms with Gasteiger partial charge in [-0.2, -0.15) is 0 Å². The van der Waals surface area contributed by atoms with Crippen molar-refractivity contribution in [3.63, 3.8) is 0 Å². The third-order valence-corrected chi connectivity index (χ3v) is 9.17. The van der Waals surface area contributed by atoms with Crippen LogP contribution in [-0.2, 0) is 16.3 Å². The van der Waals surface area contributed by atoms with E-state index in [9.17, 15) is 21.6 Å². The van der Waals surface area contributed by atoms with Crippen molar-refractivity contribution in [1.82, 2.24) is 4.98 Å². The summed E-state index contributed by atoms with van der Waals surface area (Å²) in [7, 11) is -0.481. The zero-order valence-corrected chi connectivity index (χ0v) is 21.3. The van der Waals surface area contributed by atoms with Gasteiger partial charge in [0, 0.05) is 36.5 Å². The molecule has 3 aromatic rings. The first-order valence-electron chi connectivity index (χ1n) is 11.1. The van der Waals surface area contributed by atoms with Gasteiger partial charge < -0.3 is 19.1 Å². The summed E-state index contributed by atoms with van der Waals surface area (Å²) in [6.45, 7) is 1.02. The Hall–Kier alpha value is -2.99. The number of piperidine rings is 1. The van der Waals surface area contributed by atoms with Gasteiger partial charge in [0.25, 0.3) is 0 Å². The van der Waals surface area contributed by atoms with E-state index in [1.165, 1.54) is 11.3 Å². The topological polar surface area (TPSA) is 78.0 Å². The van der Waals surface area contributed by atoms with E-state index in [1.54, 1.807) is 14.2 Å². The van der Waals surface area contributed by atoms with Crippen molar-refractivity contribution < 1.29 is 35.8 Å². The number of sulfone groups is 1. The number of nitrogens with zero attached hydrogens (tertiary/aromatic N) is 2. The number of methoxy groups -OCH3 is 2. The first-order chi connectivity index (χ1) is 17.1. The van der Waals surface area contributed by atoms with Crippen LogP contribution in [-0.4, -0.2) is 52.3 Å². The zero-order valence-electron chi connectivity index (χ0n) is 19.6. The zero-order chi connectivity index (χ0) is 25.9. The Morgan fingerprint density at radius 2 is 1.69 bits per heavy atom. The van der Waals surface area contributed by atoms with Gasteiger partial charge in [-0.1, -0.05) is 6.07 Å². The molecular formula is C24H25F3N2O5S2. The molecule has 1 saturated heterocycles. The van der Waals surface area contributed by atoms with E-state index in [0.717, 1.165) is 40.7 Å². The third kappa shape index (κ3) is 6.04. The van der Waals surface area contributed by atoms with Gasteiger partial charge in [0.2, 0.25) is 0 Å². The fourth-order valence-electron chi connectivity index (χ4n) is 4.10. The second-order valence-electron chi connectivity index (χ2n) is 8.23. The highest BCUT2D eigenvalue weighted by atomic mass is 32.2. The van der Waals surface area contributed by atoms with E-state index in [-0.39, 0.29) is 4.90 Å². The second kappa shape index (κ2) is 10.6. The molecule has 12 heteroatoms. The average Bonchev–Trinajstić information content (AvgIpc) is 3.32. The maximum Gasteiger partial charge on any atom is 0.573 e. The predicted molar refractivity (Wildman–Crippen MR) is 130 cm³/mol. The highest BCUT2D eigenvalue weighted by Crippen LogP contribution is 2.32. The molecule has 36 heavy (non-hydrogen) atoms. The van der Waals surface area contributed by atoms with E-state index < -0.39 is 27.2 Å². The van der Waals surface area contributed by atoms with Gasteiger partial charge in [-0.15, -0.1) is 24.5 Å². The molecule has 0 atom stereocenters. The molecule has 1 fully saturated rings. The lowest BCUT2D eigenvalue weighted by Crippen LogP contribution is -2.39. The summed E-state index contributed by atoms with van der Waals surface area (Å²) in [5, 5.41) is 2.18. The predicted octanol–water partition coefficient (Wildman–Crippen LogP) is 5.09. The smallest absolute Gasteiger partial charge is 0.497 e. The molecule has 1 aliphatic heterocycles. The average molecular weight is 543 g/mol. The van der Waals surface area contributed by atoms with Gasteiger partial charge in [0.15, 0.2) is 15.0 Å². The molecule has 1 aliphatic rings. The molecule has 0 amide bonds. The summed E-state index contributed by atoms with van der Waals surface area (Å²) in [6.07, 6.45) is -3.46. The maximum absolute atomic E-state index is 13.0. The molecule has 2 heterocycles. The summed E-state index contributed by atoms with van der Waals surface area (Å²) in [5.74, 6) is 0.967. The van der Waals surface area contributed by atoms with Gasteiger partial charge in [-0.3, -0.25) is 0 Å². The molecule has 0 bridgehead atoms. The molecule has 0 aliphatic carbocycles. The van der Waals surface area contributed by atoms with Crippen molar-refractivity contribution in [2.45, 2.75) is 35.8 Å². The molecular weight excluding hydrogens is 517 g/mol. The number of halogens is 3. The Morgan fingerprint density at radius 1 is 1.03 bits per heavy atom. The monoisotopic (exact) mass is 542 g/mol. The Bertz CT molecular complexity index is 1290. The number of rotatable bonds is 8. The molecule has 194 valence electrons. The van der Waals surface area contributed by atoms with Crippen LogP contribution >= 0.6 is 11.3 Å². The van der Waals surface area contributed by atoms with Crippen molar-refractivity contribution in [3.8, 4) is 17.2 Å². The van der Waals surface area contributed by atoms with E-state index in [0.29, 0.717) is 43.9 Å². The number of hydrogen-bond acceptors (Lipinski definition) is 8. The maximum atomic E-state index is 13.0.